The molecule has 0 N–H and O–H groups in total. The Kier molecular flexibility index (Phi) is 3.36. The molecule has 2 nitrogen and oxygen atoms in total. The summed E-state index contributed by atoms with van der Waals surface area (Å²) in [5.74, 6) is -1.39. The van der Waals surface area contributed by atoms with Gasteiger partial charge in [-0.1, -0.05) is 0 Å². The zero-order valence-electron chi connectivity index (χ0n) is 7.16. The van der Waals surface area contributed by atoms with Crippen molar-refractivity contribution in [3.05, 3.63) is 22.4 Å². The summed E-state index contributed by atoms with van der Waals surface area (Å²) in [5, 5.41) is 0. The Labute approximate surface area is 93.4 Å². The van der Waals surface area contributed by atoms with Gasteiger partial charge in [-0.3, -0.25) is 0 Å². The van der Waals surface area contributed by atoms with Gasteiger partial charge in [-0.15, -0.1) is 13.2 Å². The van der Waals surface area contributed by atoms with E-state index in [4.69, 9.17) is 0 Å². The maximum atomic E-state index is 12.3. The molecule has 1 aromatic rings. The summed E-state index contributed by atoms with van der Waals surface area (Å²) in [5.41, 5.74) is -1.55. The molecule has 0 fully saturated rings. The summed E-state index contributed by atoms with van der Waals surface area (Å²) in [6, 6.07) is 0.404. The third kappa shape index (κ3) is 3.54. The molecule has 1 heterocycles. The van der Waals surface area contributed by atoms with Crippen LogP contribution in [0.5, 0.6) is 5.75 Å². The fourth-order valence-electron chi connectivity index (χ4n) is 0.845. The van der Waals surface area contributed by atoms with Crippen LogP contribution in [0.25, 0.3) is 0 Å². The Hall–Kier alpha value is -0.990. The van der Waals surface area contributed by atoms with Crippen molar-refractivity contribution in [3.8, 4) is 5.75 Å². The monoisotopic (exact) mass is 309 g/mol. The molecule has 0 unspecified atom stereocenters. The molecule has 0 atom stereocenters. The summed E-state index contributed by atoms with van der Waals surface area (Å²) in [7, 11) is 0. The molecule has 0 aliphatic carbocycles. The fourth-order valence-corrected chi connectivity index (χ4v) is 1.18. The van der Waals surface area contributed by atoms with Gasteiger partial charge >= 0.3 is 12.5 Å². The fraction of sp³-hybridized carbons (Fsp3) is 0.286. The molecule has 16 heavy (non-hydrogen) atoms. The maximum Gasteiger partial charge on any atom is 0.573 e. The third-order valence-electron chi connectivity index (χ3n) is 1.37. The van der Waals surface area contributed by atoms with Crippen molar-refractivity contribution in [1.82, 2.24) is 4.98 Å². The van der Waals surface area contributed by atoms with E-state index in [0.717, 1.165) is 0 Å². The first-order valence-corrected chi connectivity index (χ1v) is 4.37. The van der Waals surface area contributed by atoms with Crippen LogP contribution < -0.4 is 4.74 Å². The highest BCUT2D eigenvalue weighted by Gasteiger charge is 2.39. The minimum Gasteiger partial charge on any atom is -0.403 e. The number of hydrogen-bond donors (Lipinski definition) is 0. The molecule has 0 amide bonds. The molecule has 90 valence electrons. The summed E-state index contributed by atoms with van der Waals surface area (Å²) < 4.78 is 75.2. The Morgan fingerprint density at radius 2 is 1.69 bits per heavy atom. The van der Waals surface area contributed by atoms with Crippen molar-refractivity contribution in [3.63, 3.8) is 0 Å². The van der Waals surface area contributed by atoms with Gasteiger partial charge in [0.1, 0.15) is 10.2 Å². The Balaban J connectivity index is 3.19. The van der Waals surface area contributed by atoms with Crippen LogP contribution in [0, 0.1) is 0 Å². The van der Waals surface area contributed by atoms with Gasteiger partial charge in [-0.2, -0.15) is 13.2 Å². The van der Waals surface area contributed by atoms with E-state index in [1.165, 1.54) is 0 Å². The molecule has 1 aromatic heterocycles. The molecule has 0 aliphatic heterocycles. The zero-order valence-corrected chi connectivity index (χ0v) is 8.74. The van der Waals surface area contributed by atoms with Crippen molar-refractivity contribution in [2.75, 3.05) is 0 Å². The lowest BCUT2D eigenvalue weighted by molar-refractivity contribution is -0.276. The number of alkyl halides is 6. The highest BCUT2D eigenvalue weighted by molar-refractivity contribution is 9.10. The van der Waals surface area contributed by atoms with Crippen molar-refractivity contribution in [2.45, 2.75) is 12.5 Å². The number of ether oxygens (including phenoxy) is 1. The van der Waals surface area contributed by atoms with Crippen LogP contribution in [0.3, 0.4) is 0 Å². The second-order valence-electron chi connectivity index (χ2n) is 2.55. The largest absolute Gasteiger partial charge is 0.573 e. The smallest absolute Gasteiger partial charge is 0.403 e. The number of rotatable bonds is 1. The molecular weight excluding hydrogens is 308 g/mol. The van der Waals surface area contributed by atoms with Gasteiger partial charge < -0.3 is 4.74 Å². The Bertz CT molecular complexity index is 387. The number of halogens is 7. The SMILES string of the molecule is FC(F)(F)Oc1cnc(Br)cc1C(F)(F)F. The van der Waals surface area contributed by atoms with Gasteiger partial charge in [0.25, 0.3) is 0 Å². The summed E-state index contributed by atoms with van der Waals surface area (Å²) in [6.07, 6.45) is -9.80. The van der Waals surface area contributed by atoms with E-state index in [2.05, 4.69) is 25.7 Å². The van der Waals surface area contributed by atoms with E-state index < -0.39 is 23.9 Å². The highest BCUT2D eigenvalue weighted by Crippen LogP contribution is 2.38. The van der Waals surface area contributed by atoms with Crippen LogP contribution in [-0.2, 0) is 6.18 Å². The van der Waals surface area contributed by atoms with Crippen LogP contribution in [0.2, 0.25) is 0 Å². The van der Waals surface area contributed by atoms with Gasteiger partial charge in [0, 0.05) is 0 Å². The minimum absolute atomic E-state index is 0.241. The van der Waals surface area contributed by atoms with Crippen molar-refractivity contribution < 1.29 is 31.1 Å². The van der Waals surface area contributed by atoms with E-state index >= 15 is 0 Å². The standard InChI is InChI=1S/C7H2BrF6NO/c8-5-1-3(6(9,10)11)4(2-15-5)16-7(12,13)14/h1-2H. The first-order chi connectivity index (χ1) is 7.09. The van der Waals surface area contributed by atoms with Gasteiger partial charge in [0.2, 0.25) is 0 Å². The van der Waals surface area contributed by atoms with E-state index in [1.54, 1.807) is 0 Å². The van der Waals surface area contributed by atoms with Crippen LogP contribution >= 0.6 is 15.9 Å². The third-order valence-corrected chi connectivity index (χ3v) is 1.80. The van der Waals surface area contributed by atoms with Gasteiger partial charge in [0.05, 0.1) is 6.20 Å². The van der Waals surface area contributed by atoms with Gasteiger partial charge in [0.15, 0.2) is 5.75 Å². The van der Waals surface area contributed by atoms with Crippen LogP contribution in [0.1, 0.15) is 5.56 Å². The first-order valence-electron chi connectivity index (χ1n) is 3.58. The second-order valence-corrected chi connectivity index (χ2v) is 3.36. The molecule has 0 radical (unpaired) electrons. The number of pyridine rings is 1. The molecule has 1 rings (SSSR count). The summed E-state index contributed by atoms with van der Waals surface area (Å²) in [4.78, 5) is 3.23. The molecule has 0 bridgehead atoms. The average Bonchev–Trinajstić information content (AvgIpc) is 2.04. The molecule has 0 aromatic carbocycles. The van der Waals surface area contributed by atoms with Crippen molar-refractivity contribution in [1.29, 1.82) is 0 Å². The quantitative estimate of drug-likeness (QED) is 0.582. The van der Waals surface area contributed by atoms with Crippen molar-refractivity contribution in [2.24, 2.45) is 0 Å². The molecule has 0 aliphatic rings. The topological polar surface area (TPSA) is 22.1 Å². The Morgan fingerprint density at radius 1 is 1.12 bits per heavy atom. The lowest BCUT2D eigenvalue weighted by Crippen LogP contribution is -2.20. The number of nitrogens with zero attached hydrogens (tertiary/aromatic N) is 1. The molecule has 0 spiro atoms. The predicted octanol–water partition coefficient (Wildman–Crippen LogP) is 3.76. The van der Waals surface area contributed by atoms with E-state index in [0.29, 0.717) is 12.3 Å². The van der Waals surface area contributed by atoms with Crippen LogP contribution in [0.15, 0.2) is 16.9 Å². The van der Waals surface area contributed by atoms with Crippen LogP contribution in [0.4, 0.5) is 26.3 Å². The molecular formula is C7H2BrF6NO. The lowest BCUT2D eigenvalue weighted by atomic mass is 10.2. The van der Waals surface area contributed by atoms with Gasteiger partial charge in [-0.05, 0) is 22.0 Å². The van der Waals surface area contributed by atoms with Crippen LogP contribution in [-0.4, -0.2) is 11.3 Å². The van der Waals surface area contributed by atoms with E-state index in [-0.39, 0.29) is 4.60 Å². The van der Waals surface area contributed by atoms with E-state index in [1.807, 2.05) is 0 Å². The maximum absolute atomic E-state index is 12.3. The second kappa shape index (κ2) is 4.11. The molecule has 0 saturated carbocycles. The van der Waals surface area contributed by atoms with E-state index in [9.17, 15) is 26.3 Å². The predicted molar refractivity (Wildman–Crippen MR) is 43.6 cm³/mol. The molecule has 9 heteroatoms. The highest BCUT2D eigenvalue weighted by atomic mass is 79.9. The minimum atomic E-state index is -5.20. The number of hydrogen-bond acceptors (Lipinski definition) is 2. The summed E-state index contributed by atoms with van der Waals surface area (Å²) >= 11 is 2.62. The summed E-state index contributed by atoms with van der Waals surface area (Å²) in [6.45, 7) is 0. The Morgan fingerprint density at radius 3 is 2.12 bits per heavy atom. The average molecular weight is 310 g/mol. The van der Waals surface area contributed by atoms with Gasteiger partial charge in [-0.25, -0.2) is 4.98 Å². The normalized spacial score (nSPS) is 12.7. The first kappa shape index (κ1) is 13.1. The number of aromatic nitrogens is 1. The lowest BCUT2D eigenvalue weighted by Gasteiger charge is -2.14. The zero-order chi connectivity index (χ0) is 12.6. The molecule has 0 saturated heterocycles. The van der Waals surface area contributed by atoms with Crippen molar-refractivity contribution >= 4 is 15.9 Å².